The predicted molar refractivity (Wildman–Crippen MR) is 69.8 cm³/mol. The summed E-state index contributed by atoms with van der Waals surface area (Å²) in [7, 11) is 0. The summed E-state index contributed by atoms with van der Waals surface area (Å²) in [5, 5.41) is 9.11. The number of nitrogens with two attached hydrogens (primary N) is 1. The summed E-state index contributed by atoms with van der Waals surface area (Å²) < 4.78 is 0.773. The molecular weight excluding hydrogens is 284 g/mol. The van der Waals surface area contributed by atoms with E-state index in [0.29, 0.717) is 17.1 Å². The van der Waals surface area contributed by atoms with Crippen LogP contribution in [0, 0.1) is 6.92 Å². The maximum Gasteiger partial charge on any atom is 0.257 e. The van der Waals surface area contributed by atoms with Crippen LogP contribution in [-0.2, 0) is 0 Å². The number of anilines is 2. The van der Waals surface area contributed by atoms with Gasteiger partial charge >= 0.3 is 0 Å². The monoisotopic (exact) mass is 294 g/mol. The van der Waals surface area contributed by atoms with E-state index in [1.54, 1.807) is 24.4 Å². The van der Waals surface area contributed by atoms with Crippen LogP contribution in [0.4, 0.5) is 11.5 Å². The molecule has 0 saturated carbocycles. The molecule has 0 aliphatic heterocycles. The lowest BCUT2D eigenvalue weighted by atomic mass is 10.1. The van der Waals surface area contributed by atoms with Crippen molar-refractivity contribution in [2.75, 3.05) is 11.1 Å². The second-order valence-electron chi connectivity index (χ2n) is 3.59. The van der Waals surface area contributed by atoms with E-state index in [1.165, 1.54) is 0 Å². The summed E-state index contributed by atoms with van der Waals surface area (Å²) in [6, 6.07) is 5.17. The Hall–Kier alpha value is -1.82. The molecule has 1 aromatic carbocycles. The predicted octanol–water partition coefficient (Wildman–Crippen LogP) is 2.32. The molecular formula is C11H11BrN4O. The molecule has 0 unspecified atom stereocenters. The second kappa shape index (κ2) is 4.58. The minimum atomic E-state index is -0.222. The molecule has 0 atom stereocenters. The van der Waals surface area contributed by atoms with Gasteiger partial charge in [0.15, 0.2) is 0 Å². The minimum absolute atomic E-state index is 0.222. The number of halogens is 1. The van der Waals surface area contributed by atoms with E-state index in [1.807, 2.05) is 6.92 Å². The molecule has 88 valence electrons. The zero-order valence-corrected chi connectivity index (χ0v) is 10.7. The Morgan fingerprint density at radius 2 is 2.29 bits per heavy atom. The van der Waals surface area contributed by atoms with Gasteiger partial charge in [0.05, 0.1) is 6.20 Å². The Bertz CT molecular complexity index is 551. The normalized spacial score (nSPS) is 10.2. The summed E-state index contributed by atoms with van der Waals surface area (Å²) in [5.74, 6) is 0.327. The van der Waals surface area contributed by atoms with E-state index in [9.17, 15) is 4.79 Å². The highest BCUT2D eigenvalue weighted by molar-refractivity contribution is 9.10. The van der Waals surface area contributed by atoms with Crippen molar-refractivity contribution >= 4 is 33.3 Å². The number of hydrogen-bond acceptors (Lipinski definition) is 3. The van der Waals surface area contributed by atoms with E-state index in [0.717, 1.165) is 10.0 Å². The fourth-order valence-corrected chi connectivity index (χ4v) is 1.93. The third-order valence-electron chi connectivity index (χ3n) is 2.41. The van der Waals surface area contributed by atoms with Crippen molar-refractivity contribution in [1.29, 1.82) is 0 Å². The standard InChI is InChI=1S/C11H11BrN4O/c1-6-8(4-7(12)5-9(6)13)11(17)15-10-2-3-14-16-10/h2-5H,13H2,1H3,(H2,14,15,16,17). The van der Waals surface area contributed by atoms with Gasteiger partial charge in [-0.1, -0.05) is 15.9 Å². The summed E-state index contributed by atoms with van der Waals surface area (Å²) in [6.45, 7) is 1.81. The van der Waals surface area contributed by atoms with E-state index in [4.69, 9.17) is 5.73 Å². The molecule has 1 heterocycles. The van der Waals surface area contributed by atoms with Gasteiger partial charge in [0.1, 0.15) is 5.82 Å². The third-order valence-corrected chi connectivity index (χ3v) is 2.86. The van der Waals surface area contributed by atoms with Crippen LogP contribution in [0.3, 0.4) is 0 Å². The molecule has 0 spiro atoms. The van der Waals surface area contributed by atoms with E-state index in [-0.39, 0.29) is 5.91 Å². The van der Waals surface area contributed by atoms with E-state index < -0.39 is 0 Å². The highest BCUT2D eigenvalue weighted by Gasteiger charge is 2.12. The first-order chi connectivity index (χ1) is 8.08. The number of rotatable bonds is 2. The van der Waals surface area contributed by atoms with Gasteiger partial charge < -0.3 is 11.1 Å². The van der Waals surface area contributed by atoms with Crippen molar-refractivity contribution in [3.8, 4) is 0 Å². The molecule has 0 aliphatic rings. The van der Waals surface area contributed by atoms with Gasteiger partial charge in [0, 0.05) is 21.8 Å². The van der Waals surface area contributed by atoms with Gasteiger partial charge in [-0.15, -0.1) is 0 Å². The number of hydrogen-bond donors (Lipinski definition) is 3. The summed E-state index contributed by atoms with van der Waals surface area (Å²) in [6.07, 6.45) is 1.57. The molecule has 2 aromatic rings. The van der Waals surface area contributed by atoms with Crippen LogP contribution in [-0.4, -0.2) is 16.1 Å². The van der Waals surface area contributed by atoms with Crippen LogP contribution >= 0.6 is 15.9 Å². The van der Waals surface area contributed by atoms with Crippen molar-refractivity contribution < 1.29 is 4.79 Å². The first-order valence-electron chi connectivity index (χ1n) is 4.94. The fourth-order valence-electron chi connectivity index (χ4n) is 1.45. The first-order valence-corrected chi connectivity index (χ1v) is 5.73. The minimum Gasteiger partial charge on any atom is -0.398 e. The van der Waals surface area contributed by atoms with Gasteiger partial charge in [-0.25, -0.2) is 0 Å². The Kier molecular flexibility index (Phi) is 3.14. The maximum absolute atomic E-state index is 12.0. The Labute approximate surface area is 107 Å². The summed E-state index contributed by atoms with van der Waals surface area (Å²) in [4.78, 5) is 12.0. The number of H-pyrrole nitrogens is 1. The summed E-state index contributed by atoms with van der Waals surface area (Å²) in [5.41, 5.74) is 7.67. The molecule has 2 rings (SSSR count). The van der Waals surface area contributed by atoms with Crippen molar-refractivity contribution in [2.45, 2.75) is 6.92 Å². The van der Waals surface area contributed by atoms with Crippen LogP contribution < -0.4 is 11.1 Å². The van der Waals surface area contributed by atoms with Crippen molar-refractivity contribution in [3.05, 3.63) is 40.0 Å². The topological polar surface area (TPSA) is 83.8 Å². The SMILES string of the molecule is Cc1c(N)cc(Br)cc1C(=O)Nc1ccn[nH]1. The first kappa shape index (κ1) is 11.7. The van der Waals surface area contributed by atoms with Gasteiger partial charge in [-0.3, -0.25) is 9.89 Å². The number of amides is 1. The van der Waals surface area contributed by atoms with Crippen LogP contribution in [0.5, 0.6) is 0 Å². The number of nitrogens with one attached hydrogen (secondary N) is 2. The molecule has 0 fully saturated rings. The number of benzene rings is 1. The lowest BCUT2D eigenvalue weighted by Gasteiger charge is -2.09. The number of nitrogen functional groups attached to an aromatic ring is 1. The number of carbonyl (C=O) groups excluding carboxylic acids is 1. The Balaban J connectivity index is 2.31. The highest BCUT2D eigenvalue weighted by atomic mass is 79.9. The van der Waals surface area contributed by atoms with E-state index >= 15 is 0 Å². The molecule has 0 aliphatic carbocycles. The van der Waals surface area contributed by atoms with Gasteiger partial charge in [-0.2, -0.15) is 5.10 Å². The van der Waals surface area contributed by atoms with Crippen LogP contribution in [0.2, 0.25) is 0 Å². The van der Waals surface area contributed by atoms with Gasteiger partial charge in [-0.05, 0) is 24.6 Å². The average molecular weight is 295 g/mol. The largest absolute Gasteiger partial charge is 0.398 e. The van der Waals surface area contributed by atoms with Crippen molar-refractivity contribution in [1.82, 2.24) is 10.2 Å². The number of aromatic amines is 1. The molecule has 0 bridgehead atoms. The quantitative estimate of drug-likeness (QED) is 0.743. The van der Waals surface area contributed by atoms with Crippen LogP contribution in [0.1, 0.15) is 15.9 Å². The number of aromatic nitrogens is 2. The second-order valence-corrected chi connectivity index (χ2v) is 4.51. The zero-order valence-electron chi connectivity index (χ0n) is 9.12. The number of nitrogens with zero attached hydrogens (tertiary/aromatic N) is 1. The highest BCUT2D eigenvalue weighted by Crippen LogP contribution is 2.23. The summed E-state index contributed by atoms with van der Waals surface area (Å²) >= 11 is 3.31. The molecule has 5 nitrogen and oxygen atoms in total. The fraction of sp³-hybridized carbons (Fsp3) is 0.0909. The van der Waals surface area contributed by atoms with E-state index in [2.05, 4.69) is 31.4 Å². The Morgan fingerprint density at radius 3 is 2.94 bits per heavy atom. The van der Waals surface area contributed by atoms with Gasteiger partial charge in [0.2, 0.25) is 0 Å². The third kappa shape index (κ3) is 2.47. The van der Waals surface area contributed by atoms with Crippen LogP contribution in [0.25, 0.3) is 0 Å². The number of carbonyl (C=O) groups is 1. The smallest absolute Gasteiger partial charge is 0.257 e. The molecule has 1 aromatic heterocycles. The van der Waals surface area contributed by atoms with Crippen molar-refractivity contribution in [2.24, 2.45) is 0 Å². The van der Waals surface area contributed by atoms with Crippen LogP contribution in [0.15, 0.2) is 28.9 Å². The maximum atomic E-state index is 12.0. The average Bonchev–Trinajstić information content (AvgIpc) is 2.76. The zero-order chi connectivity index (χ0) is 12.4. The Morgan fingerprint density at radius 1 is 1.53 bits per heavy atom. The molecule has 0 saturated heterocycles. The molecule has 17 heavy (non-hydrogen) atoms. The lowest BCUT2D eigenvalue weighted by Crippen LogP contribution is -2.14. The molecule has 4 N–H and O–H groups in total. The molecule has 0 radical (unpaired) electrons. The molecule has 1 amide bonds. The van der Waals surface area contributed by atoms with Crippen molar-refractivity contribution in [3.63, 3.8) is 0 Å². The lowest BCUT2D eigenvalue weighted by molar-refractivity contribution is 0.102. The van der Waals surface area contributed by atoms with Gasteiger partial charge in [0.25, 0.3) is 5.91 Å². The molecule has 6 heteroatoms.